The average Bonchev–Trinajstić information content (AvgIpc) is 2.80. The topological polar surface area (TPSA) is 50.1 Å². The summed E-state index contributed by atoms with van der Waals surface area (Å²) in [4.78, 5) is 0. The molecule has 0 fully saturated rings. The monoisotopic (exact) mass is 225 g/mol. The van der Waals surface area contributed by atoms with Crippen LogP contribution in [-0.4, -0.2) is 27.0 Å². The van der Waals surface area contributed by atoms with Crippen molar-refractivity contribution < 1.29 is 5.11 Å². The first kappa shape index (κ1) is 13.2. The quantitative estimate of drug-likeness (QED) is 0.740. The van der Waals surface area contributed by atoms with E-state index in [1.807, 2.05) is 17.1 Å². The third kappa shape index (κ3) is 3.06. The fourth-order valence-electron chi connectivity index (χ4n) is 1.74. The van der Waals surface area contributed by atoms with Crippen LogP contribution in [-0.2, 0) is 13.1 Å². The Bertz CT molecular complexity index is 297. The fourth-order valence-corrected chi connectivity index (χ4v) is 1.74. The molecule has 16 heavy (non-hydrogen) atoms. The number of nitrogens with one attached hydrogen (secondary N) is 1. The average molecular weight is 225 g/mol. The van der Waals surface area contributed by atoms with E-state index in [-0.39, 0.29) is 12.1 Å². The molecule has 0 amide bonds. The summed E-state index contributed by atoms with van der Waals surface area (Å²) in [5, 5.41) is 17.1. The first-order chi connectivity index (χ1) is 7.69. The minimum atomic E-state index is -0.145. The number of nitrogens with zero attached hydrogens (tertiary/aromatic N) is 2. The Kier molecular flexibility index (Phi) is 4.96. The minimum absolute atomic E-state index is 0.145. The summed E-state index contributed by atoms with van der Waals surface area (Å²) in [5.74, 6) is 0. The Balaban J connectivity index is 2.55. The third-order valence-electron chi connectivity index (χ3n) is 3.33. The van der Waals surface area contributed by atoms with Crippen molar-refractivity contribution in [1.29, 1.82) is 0 Å². The van der Waals surface area contributed by atoms with E-state index in [9.17, 15) is 5.11 Å². The van der Waals surface area contributed by atoms with Crippen LogP contribution in [0.2, 0.25) is 0 Å². The van der Waals surface area contributed by atoms with Gasteiger partial charge in [0.05, 0.1) is 12.8 Å². The van der Waals surface area contributed by atoms with E-state index in [0.717, 1.165) is 25.9 Å². The molecule has 4 nitrogen and oxygen atoms in total. The Labute approximate surface area is 97.7 Å². The van der Waals surface area contributed by atoms with Crippen molar-refractivity contribution in [1.82, 2.24) is 15.1 Å². The van der Waals surface area contributed by atoms with Crippen LogP contribution in [0.3, 0.4) is 0 Å². The summed E-state index contributed by atoms with van der Waals surface area (Å²) < 4.78 is 1.91. The number of aliphatic hydroxyl groups is 1. The van der Waals surface area contributed by atoms with Crippen molar-refractivity contribution in [3.63, 3.8) is 0 Å². The lowest BCUT2D eigenvalue weighted by atomic mass is 9.94. The Hall–Kier alpha value is -0.870. The van der Waals surface area contributed by atoms with Crippen LogP contribution in [0.25, 0.3) is 0 Å². The van der Waals surface area contributed by atoms with Gasteiger partial charge in [0.25, 0.3) is 0 Å². The van der Waals surface area contributed by atoms with Gasteiger partial charge in [0.2, 0.25) is 0 Å². The van der Waals surface area contributed by atoms with Gasteiger partial charge in [-0.1, -0.05) is 13.8 Å². The maximum Gasteiger partial charge on any atom is 0.0613 e. The Morgan fingerprint density at radius 3 is 2.50 bits per heavy atom. The molecule has 4 heteroatoms. The summed E-state index contributed by atoms with van der Waals surface area (Å²) in [7, 11) is 0. The zero-order valence-corrected chi connectivity index (χ0v) is 10.5. The highest BCUT2D eigenvalue weighted by molar-refractivity contribution is 5.04. The van der Waals surface area contributed by atoms with Crippen LogP contribution in [0.15, 0.2) is 12.4 Å². The molecule has 0 aromatic carbocycles. The molecule has 0 aliphatic carbocycles. The van der Waals surface area contributed by atoms with Crippen molar-refractivity contribution in [3.8, 4) is 0 Å². The molecule has 2 N–H and O–H groups in total. The summed E-state index contributed by atoms with van der Waals surface area (Å²) in [6, 6.07) is 0. The van der Waals surface area contributed by atoms with Gasteiger partial charge in [0.1, 0.15) is 0 Å². The summed E-state index contributed by atoms with van der Waals surface area (Å²) in [5.41, 5.74) is 1.02. The molecule has 1 heterocycles. The van der Waals surface area contributed by atoms with Gasteiger partial charge in [-0.3, -0.25) is 4.68 Å². The van der Waals surface area contributed by atoms with Gasteiger partial charge in [-0.25, -0.2) is 0 Å². The second-order valence-electron chi connectivity index (χ2n) is 4.20. The number of hydrogen-bond acceptors (Lipinski definition) is 3. The first-order valence-electron chi connectivity index (χ1n) is 6.07. The molecule has 0 atom stereocenters. The maximum atomic E-state index is 9.42. The number of rotatable bonds is 7. The Morgan fingerprint density at radius 2 is 2.06 bits per heavy atom. The molecule has 0 saturated heterocycles. The minimum Gasteiger partial charge on any atom is -0.394 e. The second kappa shape index (κ2) is 6.01. The van der Waals surface area contributed by atoms with E-state index < -0.39 is 0 Å². The fraction of sp³-hybridized carbons (Fsp3) is 0.750. The summed E-state index contributed by atoms with van der Waals surface area (Å²) in [6.07, 6.45) is 5.79. The van der Waals surface area contributed by atoms with E-state index in [1.54, 1.807) is 0 Å². The molecule has 0 radical (unpaired) electrons. The molecular formula is C12H23N3O. The van der Waals surface area contributed by atoms with Crippen molar-refractivity contribution in [3.05, 3.63) is 18.0 Å². The second-order valence-corrected chi connectivity index (χ2v) is 4.20. The zero-order valence-electron chi connectivity index (χ0n) is 10.5. The molecule has 0 aliphatic rings. The third-order valence-corrected chi connectivity index (χ3v) is 3.33. The van der Waals surface area contributed by atoms with Gasteiger partial charge < -0.3 is 10.4 Å². The SMILES string of the molecule is CCn1cc(CNC(CC)(CC)CO)cn1. The lowest BCUT2D eigenvalue weighted by Gasteiger charge is -2.30. The van der Waals surface area contributed by atoms with Crippen LogP contribution in [0, 0.1) is 0 Å². The van der Waals surface area contributed by atoms with Crippen molar-refractivity contribution >= 4 is 0 Å². The highest BCUT2D eigenvalue weighted by atomic mass is 16.3. The van der Waals surface area contributed by atoms with Gasteiger partial charge in [-0.05, 0) is 19.8 Å². The molecule has 0 unspecified atom stereocenters. The standard InChI is InChI=1S/C12H23N3O/c1-4-12(5-2,10-16)13-7-11-8-14-15(6-3)9-11/h8-9,13,16H,4-7,10H2,1-3H3. The van der Waals surface area contributed by atoms with Crippen LogP contribution in [0.1, 0.15) is 39.2 Å². The lowest BCUT2D eigenvalue weighted by molar-refractivity contribution is 0.149. The molecule has 1 aromatic rings. The lowest BCUT2D eigenvalue weighted by Crippen LogP contribution is -2.46. The molecule has 0 bridgehead atoms. The van der Waals surface area contributed by atoms with Gasteiger partial charge in [-0.2, -0.15) is 5.10 Å². The predicted molar refractivity (Wildman–Crippen MR) is 65.1 cm³/mol. The van der Waals surface area contributed by atoms with Crippen molar-refractivity contribution in [2.75, 3.05) is 6.61 Å². The van der Waals surface area contributed by atoms with E-state index in [0.29, 0.717) is 0 Å². The van der Waals surface area contributed by atoms with Crippen LogP contribution in [0.4, 0.5) is 0 Å². The zero-order chi connectivity index (χ0) is 12.0. The van der Waals surface area contributed by atoms with E-state index >= 15 is 0 Å². The summed E-state index contributed by atoms with van der Waals surface area (Å²) >= 11 is 0. The maximum absolute atomic E-state index is 9.42. The van der Waals surface area contributed by atoms with Crippen LogP contribution < -0.4 is 5.32 Å². The molecule has 92 valence electrons. The molecule has 1 aromatic heterocycles. The Morgan fingerprint density at radius 1 is 1.38 bits per heavy atom. The first-order valence-corrected chi connectivity index (χ1v) is 6.07. The summed E-state index contributed by atoms with van der Waals surface area (Å²) in [6.45, 7) is 8.11. The molecule has 0 saturated carbocycles. The molecule has 0 aliphatic heterocycles. The van der Waals surface area contributed by atoms with Gasteiger partial charge in [0.15, 0.2) is 0 Å². The molecule has 1 rings (SSSR count). The van der Waals surface area contributed by atoms with E-state index in [4.69, 9.17) is 0 Å². The predicted octanol–water partition coefficient (Wildman–Crippen LogP) is 1.54. The molecule has 0 spiro atoms. The van der Waals surface area contributed by atoms with Crippen LogP contribution in [0.5, 0.6) is 0 Å². The van der Waals surface area contributed by atoms with Crippen molar-refractivity contribution in [2.24, 2.45) is 0 Å². The van der Waals surface area contributed by atoms with E-state index in [2.05, 4.69) is 31.2 Å². The van der Waals surface area contributed by atoms with Crippen LogP contribution >= 0.6 is 0 Å². The number of aryl methyl sites for hydroxylation is 1. The number of aliphatic hydroxyl groups excluding tert-OH is 1. The highest BCUT2D eigenvalue weighted by Crippen LogP contribution is 2.15. The highest BCUT2D eigenvalue weighted by Gasteiger charge is 2.24. The largest absolute Gasteiger partial charge is 0.394 e. The number of hydrogen-bond donors (Lipinski definition) is 2. The van der Waals surface area contributed by atoms with Crippen molar-refractivity contribution in [2.45, 2.75) is 52.2 Å². The van der Waals surface area contributed by atoms with Gasteiger partial charge in [-0.15, -0.1) is 0 Å². The normalized spacial score (nSPS) is 12.0. The number of aromatic nitrogens is 2. The van der Waals surface area contributed by atoms with E-state index in [1.165, 1.54) is 5.56 Å². The van der Waals surface area contributed by atoms with Gasteiger partial charge in [0, 0.05) is 30.4 Å². The smallest absolute Gasteiger partial charge is 0.0613 e. The molecular weight excluding hydrogens is 202 g/mol. The van der Waals surface area contributed by atoms with Gasteiger partial charge >= 0.3 is 0 Å².